The Bertz CT molecular complexity index is 1250. The minimum absolute atomic E-state index is 0.129. The lowest BCUT2D eigenvalue weighted by molar-refractivity contribution is 0.139. The summed E-state index contributed by atoms with van der Waals surface area (Å²) < 4.78 is 34.1. The van der Waals surface area contributed by atoms with E-state index in [2.05, 4.69) is 4.90 Å². The van der Waals surface area contributed by atoms with Gasteiger partial charge in [-0.2, -0.15) is 4.31 Å². The molecule has 31 heavy (non-hydrogen) atoms. The minimum Gasteiger partial charge on any atom is -0.497 e. The lowest BCUT2D eigenvalue weighted by atomic mass is 10.2. The fourth-order valence-electron chi connectivity index (χ4n) is 4.00. The molecule has 1 aliphatic rings. The van der Waals surface area contributed by atoms with Gasteiger partial charge >= 0.3 is 0 Å². The van der Waals surface area contributed by atoms with Crippen LogP contribution in [0.15, 0.2) is 58.2 Å². The van der Waals surface area contributed by atoms with E-state index in [4.69, 9.17) is 9.72 Å². The smallest absolute Gasteiger partial charge is 0.261 e. The molecule has 164 valence electrons. The zero-order chi connectivity index (χ0) is 22.2. The number of sulfonamides is 1. The lowest BCUT2D eigenvalue weighted by Gasteiger charge is -2.37. The Morgan fingerprint density at radius 3 is 2.35 bits per heavy atom. The Labute approximate surface area is 181 Å². The van der Waals surface area contributed by atoms with Crippen molar-refractivity contribution in [2.24, 2.45) is 7.05 Å². The molecule has 0 N–H and O–H groups in total. The van der Waals surface area contributed by atoms with Gasteiger partial charge in [-0.05, 0) is 37.3 Å². The summed E-state index contributed by atoms with van der Waals surface area (Å²) in [6, 6.07) is 13.6. The van der Waals surface area contributed by atoms with Gasteiger partial charge in [0.05, 0.1) is 29.0 Å². The van der Waals surface area contributed by atoms with Crippen LogP contribution >= 0.6 is 0 Å². The van der Waals surface area contributed by atoms with Gasteiger partial charge in [0.15, 0.2) is 0 Å². The third-order valence-corrected chi connectivity index (χ3v) is 7.81. The van der Waals surface area contributed by atoms with Crippen LogP contribution < -0.4 is 10.3 Å². The fraction of sp³-hybridized carbons (Fsp3) is 0.364. The summed E-state index contributed by atoms with van der Waals surface area (Å²) in [5.41, 5.74) is 0.493. The molecule has 9 heteroatoms. The van der Waals surface area contributed by atoms with Crippen molar-refractivity contribution in [1.29, 1.82) is 0 Å². The molecule has 2 aromatic carbocycles. The van der Waals surface area contributed by atoms with E-state index in [9.17, 15) is 13.2 Å². The Morgan fingerprint density at radius 1 is 1.03 bits per heavy atom. The van der Waals surface area contributed by atoms with Crippen LogP contribution in [0.2, 0.25) is 0 Å². The first-order chi connectivity index (χ1) is 14.8. The van der Waals surface area contributed by atoms with E-state index in [0.29, 0.717) is 53.6 Å². The second-order valence-electron chi connectivity index (χ2n) is 7.65. The average Bonchev–Trinajstić information content (AvgIpc) is 2.81. The van der Waals surface area contributed by atoms with E-state index < -0.39 is 10.0 Å². The van der Waals surface area contributed by atoms with Crippen LogP contribution in [0.3, 0.4) is 0 Å². The molecule has 0 aliphatic carbocycles. The number of rotatable bonds is 5. The summed E-state index contributed by atoms with van der Waals surface area (Å²) in [7, 11) is -0.221. The summed E-state index contributed by atoms with van der Waals surface area (Å²) in [6.45, 7) is 3.90. The van der Waals surface area contributed by atoms with E-state index in [-0.39, 0.29) is 11.6 Å². The molecule has 0 amide bonds. The van der Waals surface area contributed by atoms with E-state index in [1.165, 1.54) is 4.31 Å². The second kappa shape index (κ2) is 8.41. The first-order valence-corrected chi connectivity index (χ1v) is 11.6. The first kappa shape index (κ1) is 21.5. The number of methoxy groups -OCH3 is 1. The highest BCUT2D eigenvalue weighted by Gasteiger charge is 2.31. The number of piperazine rings is 1. The standard InChI is InChI=1S/C22H26N4O4S/c1-16(21-23-20-10-9-17(30-3)15-19(20)22(27)24(21)2)25-11-13-26(14-12-25)31(28,29)18-7-5-4-6-8-18/h4-10,15-16H,11-14H2,1-3H3. The van der Waals surface area contributed by atoms with Gasteiger partial charge in [-0.15, -0.1) is 0 Å². The van der Waals surface area contributed by atoms with Crippen LogP contribution in [-0.4, -0.2) is 60.5 Å². The van der Waals surface area contributed by atoms with Crippen molar-refractivity contribution >= 4 is 20.9 Å². The number of nitrogens with zero attached hydrogens (tertiary/aromatic N) is 4. The summed E-state index contributed by atoms with van der Waals surface area (Å²) in [6.07, 6.45) is 0. The molecule has 1 aromatic heterocycles. The van der Waals surface area contributed by atoms with Crippen LogP contribution in [-0.2, 0) is 17.1 Å². The highest BCUT2D eigenvalue weighted by Crippen LogP contribution is 2.24. The number of benzene rings is 2. The van der Waals surface area contributed by atoms with Crippen LogP contribution in [0.25, 0.3) is 10.9 Å². The van der Waals surface area contributed by atoms with Crippen LogP contribution in [0.1, 0.15) is 18.8 Å². The van der Waals surface area contributed by atoms with Crippen LogP contribution in [0.4, 0.5) is 0 Å². The highest BCUT2D eigenvalue weighted by molar-refractivity contribution is 7.89. The Balaban J connectivity index is 1.55. The van der Waals surface area contributed by atoms with E-state index >= 15 is 0 Å². The molecule has 2 heterocycles. The molecule has 4 rings (SSSR count). The van der Waals surface area contributed by atoms with Crippen molar-refractivity contribution in [1.82, 2.24) is 18.8 Å². The zero-order valence-electron chi connectivity index (χ0n) is 17.9. The van der Waals surface area contributed by atoms with Gasteiger partial charge in [-0.25, -0.2) is 13.4 Å². The quantitative estimate of drug-likeness (QED) is 0.601. The molecule has 0 spiro atoms. The normalized spacial score (nSPS) is 17.0. The maximum Gasteiger partial charge on any atom is 0.261 e. The number of hydrogen-bond donors (Lipinski definition) is 0. The summed E-state index contributed by atoms with van der Waals surface area (Å²) in [5, 5.41) is 0.511. The van der Waals surface area contributed by atoms with Crippen molar-refractivity contribution in [2.45, 2.75) is 17.9 Å². The van der Waals surface area contributed by atoms with Crippen molar-refractivity contribution in [3.05, 3.63) is 64.7 Å². The second-order valence-corrected chi connectivity index (χ2v) is 9.58. The molecule has 8 nitrogen and oxygen atoms in total. The van der Waals surface area contributed by atoms with Crippen molar-refractivity contribution < 1.29 is 13.2 Å². The van der Waals surface area contributed by atoms with Gasteiger partial charge in [0, 0.05) is 33.2 Å². The van der Waals surface area contributed by atoms with Gasteiger partial charge in [0.1, 0.15) is 11.6 Å². The van der Waals surface area contributed by atoms with Gasteiger partial charge in [-0.1, -0.05) is 18.2 Å². The van der Waals surface area contributed by atoms with E-state index in [1.54, 1.807) is 67.3 Å². The van der Waals surface area contributed by atoms with Gasteiger partial charge in [0.25, 0.3) is 5.56 Å². The molecule has 3 aromatic rings. The molecule has 1 fully saturated rings. The van der Waals surface area contributed by atoms with Crippen LogP contribution in [0.5, 0.6) is 5.75 Å². The summed E-state index contributed by atoms with van der Waals surface area (Å²) >= 11 is 0. The van der Waals surface area contributed by atoms with Crippen LogP contribution in [0, 0.1) is 0 Å². The average molecular weight is 443 g/mol. The Hall–Kier alpha value is -2.75. The third kappa shape index (κ3) is 3.96. The third-order valence-electron chi connectivity index (χ3n) is 5.89. The Kier molecular flexibility index (Phi) is 5.83. The lowest BCUT2D eigenvalue weighted by Crippen LogP contribution is -2.49. The van der Waals surface area contributed by atoms with Gasteiger partial charge in [-0.3, -0.25) is 14.3 Å². The van der Waals surface area contributed by atoms with Gasteiger partial charge in [0.2, 0.25) is 10.0 Å². The van der Waals surface area contributed by atoms with E-state index in [1.807, 2.05) is 6.92 Å². The molecular formula is C22H26N4O4S. The van der Waals surface area contributed by atoms with Gasteiger partial charge < -0.3 is 4.74 Å². The van der Waals surface area contributed by atoms with Crippen molar-refractivity contribution in [2.75, 3.05) is 33.3 Å². The zero-order valence-corrected chi connectivity index (χ0v) is 18.7. The molecule has 0 radical (unpaired) electrons. The van der Waals surface area contributed by atoms with Crippen molar-refractivity contribution in [3.63, 3.8) is 0 Å². The molecule has 0 bridgehead atoms. The summed E-state index contributed by atoms with van der Waals surface area (Å²) in [4.78, 5) is 20.1. The fourth-order valence-corrected chi connectivity index (χ4v) is 5.45. The maximum atomic E-state index is 12.9. The van der Waals surface area contributed by atoms with Crippen molar-refractivity contribution in [3.8, 4) is 5.75 Å². The number of ether oxygens (including phenoxy) is 1. The predicted octanol–water partition coefficient (Wildman–Crippen LogP) is 2.01. The number of fused-ring (bicyclic) bond motifs is 1. The maximum absolute atomic E-state index is 12.9. The monoisotopic (exact) mass is 442 g/mol. The molecule has 0 saturated carbocycles. The number of hydrogen-bond acceptors (Lipinski definition) is 6. The molecule has 1 aliphatic heterocycles. The first-order valence-electron chi connectivity index (χ1n) is 10.2. The predicted molar refractivity (Wildman–Crippen MR) is 119 cm³/mol. The Morgan fingerprint density at radius 2 is 1.71 bits per heavy atom. The van der Waals surface area contributed by atoms with E-state index in [0.717, 1.165) is 0 Å². The molecule has 1 atom stereocenters. The minimum atomic E-state index is -3.50. The molecule has 1 unspecified atom stereocenters. The highest BCUT2D eigenvalue weighted by atomic mass is 32.2. The number of aromatic nitrogens is 2. The SMILES string of the molecule is COc1ccc2nc(C(C)N3CCN(S(=O)(=O)c4ccccc4)CC3)n(C)c(=O)c2c1. The molecular weight excluding hydrogens is 416 g/mol. The largest absolute Gasteiger partial charge is 0.497 e. The summed E-state index contributed by atoms with van der Waals surface area (Å²) in [5.74, 6) is 1.27. The topological polar surface area (TPSA) is 84.7 Å². The molecule has 1 saturated heterocycles.